The molecule has 0 aliphatic carbocycles. The highest BCUT2D eigenvalue weighted by Crippen LogP contribution is 2.72. The molecule has 2 bridgehead atoms. The summed E-state index contributed by atoms with van der Waals surface area (Å²) in [5.74, 6) is -2.05. The molecule has 1 spiro atoms. The van der Waals surface area contributed by atoms with Crippen LogP contribution in [0.25, 0.3) is 0 Å². The largest absolute Gasteiger partial charge is 0.461 e. The third-order valence-electron chi connectivity index (χ3n) is 9.26. The Balaban J connectivity index is 1.81. The number of benzene rings is 1. The number of thioether (sulfide) groups is 1. The van der Waals surface area contributed by atoms with E-state index >= 15 is 0 Å². The first-order valence-electron chi connectivity index (χ1n) is 15.2. The highest BCUT2D eigenvalue weighted by atomic mass is 32.2. The summed E-state index contributed by atoms with van der Waals surface area (Å²) >= 11 is 1.60. The van der Waals surface area contributed by atoms with Gasteiger partial charge in [-0.1, -0.05) is 32.6 Å². The number of nitrogens with zero attached hydrogens (tertiary/aromatic N) is 3. The minimum Gasteiger partial charge on any atom is -0.461 e. The fourth-order valence-corrected chi connectivity index (χ4v) is 9.80. The zero-order valence-corrected chi connectivity index (χ0v) is 26.6. The van der Waals surface area contributed by atoms with E-state index in [9.17, 15) is 19.5 Å². The number of anilines is 2. The topological polar surface area (TPSA) is 90.4 Å². The lowest BCUT2D eigenvalue weighted by atomic mass is 9.66. The molecule has 1 N–H and O–H groups in total. The van der Waals surface area contributed by atoms with E-state index in [2.05, 4.69) is 31.9 Å². The van der Waals surface area contributed by atoms with E-state index < -0.39 is 39.4 Å². The van der Waals surface area contributed by atoms with Crippen molar-refractivity contribution in [1.29, 1.82) is 0 Å². The summed E-state index contributed by atoms with van der Waals surface area (Å²) < 4.78 is 4.21. The molecule has 1 aromatic carbocycles. The molecule has 0 saturated carbocycles. The molecule has 230 valence electrons. The predicted molar refractivity (Wildman–Crippen MR) is 170 cm³/mol. The number of aliphatic hydroxyl groups excluding tert-OH is 1. The maximum atomic E-state index is 14.9. The zero-order valence-electron chi connectivity index (χ0n) is 25.8. The third-order valence-corrected chi connectivity index (χ3v) is 11.2. The molecule has 3 saturated heterocycles. The molecule has 2 amide bonds. The first-order valence-corrected chi connectivity index (χ1v) is 16.0. The van der Waals surface area contributed by atoms with Gasteiger partial charge in [0.25, 0.3) is 5.91 Å². The third kappa shape index (κ3) is 5.39. The normalized spacial score (nSPS) is 28.5. The minimum absolute atomic E-state index is 0.0687. The summed E-state index contributed by atoms with van der Waals surface area (Å²) in [6.07, 6.45) is 5.09. The molecule has 0 radical (unpaired) electrons. The van der Waals surface area contributed by atoms with E-state index in [1.807, 2.05) is 45.0 Å². The lowest BCUT2D eigenvalue weighted by Crippen LogP contribution is -2.57. The van der Waals surface area contributed by atoms with Gasteiger partial charge in [-0.3, -0.25) is 14.4 Å². The summed E-state index contributed by atoms with van der Waals surface area (Å²) in [5, 5.41) is 10.6. The number of likely N-dealkylation sites (tertiary alicyclic amines) is 1. The van der Waals surface area contributed by atoms with Gasteiger partial charge in [-0.05, 0) is 70.2 Å². The van der Waals surface area contributed by atoms with Crippen LogP contribution in [0, 0.1) is 17.8 Å². The lowest BCUT2D eigenvalue weighted by molar-refractivity contribution is -0.155. The first-order chi connectivity index (χ1) is 20.0. The second kappa shape index (κ2) is 12.8. The average Bonchev–Trinajstić information content (AvgIpc) is 3.54. The molecule has 0 aromatic heterocycles. The molecule has 8 nitrogen and oxygen atoms in total. The van der Waals surface area contributed by atoms with Crippen molar-refractivity contribution in [3.05, 3.63) is 49.6 Å². The summed E-state index contributed by atoms with van der Waals surface area (Å²) in [7, 11) is 0. The predicted octanol–water partition coefficient (Wildman–Crippen LogP) is 4.67. The van der Waals surface area contributed by atoms with Crippen molar-refractivity contribution in [1.82, 2.24) is 4.90 Å². The Morgan fingerprint density at radius 2 is 1.79 bits per heavy atom. The van der Waals surface area contributed by atoms with Crippen LogP contribution in [0.15, 0.2) is 49.6 Å². The van der Waals surface area contributed by atoms with Crippen LogP contribution in [-0.2, 0) is 19.1 Å². The number of carbonyl (C=O) groups excluding carboxylic acids is 3. The summed E-state index contributed by atoms with van der Waals surface area (Å²) in [6, 6.07) is 6.54. The maximum absolute atomic E-state index is 14.9. The van der Waals surface area contributed by atoms with Crippen LogP contribution >= 0.6 is 11.8 Å². The van der Waals surface area contributed by atoms with Gasteiger partial charge in [0.15, 0.2) is 0 Å². The molecule has 9 heteroatoms. The zero-order chi connectivity index (χ0) is 30.8. The van der Waals surface area contributed by atoms with Crippen molar-refractivity contribution in [2.45, 2.75) is 75.5 Å². The number of hydrogen-bond donors (Lipinski definition) is 1. The Morgan fingerprint density at radius 1 is 1.14 bits per heavy atom. The smallest absolute Gasteiger partial charge is 0.311 e. The van der Waals surface area contributed by atoms with Crippen LogP contribution in [0.2, 0.25) is 0 Å². The number of fused-ring (bicyclic) bond motifs is 1. The Bertz CT molecular complexity index is 1180. The van der Waals surface area contributed by atoms with Crippen LogP contribution in [-0.4, -0.2) is 82.2 Å². The van der Waals surface area contributed by atoms with E-state index in [-0.39, 0.29) is 37.5 Å². The summed E-state index contributed by atoms with van der Waals surface area (Å²) in [5.41, 5.74) is 1.79. The molecule has 6 atom stereocenters. The van der Waals surface area contributed by atoms with Gasteiger partial charge in [-0.2, -0.15) is 0 Å². The highest BCUT2D eigenvalue weighted by molar-refractivity contribution is 8.02. The van der Waals surface area contributed by atoms with Crippen molar-refractivity contribution in [3.8, 4) is 0 Å². The number of ether oxygens (including phenoxy) is 1. The SMILES string of the molecule is C=CCOC(=O)[C@@H]1[C@H]2C(=O)N([C@@H](CO)CC(C)C)C(C(=O)N(CC=C)c3ccc(N(CC)CC)cc3)C23CC[C@@]1(C)S3. The number of carbonyl (C=O) groups is 3. The molecular formula is C33H47N3O5S. The molecule has 3 heterocycles. The number of rotatable bonds is 14. The quantitative estimate of drug-likeness (QED) is 0.246. The molecule has 1 aromatic rings. The molecule has 2 unspecified atom stereocenters. The van der Waals surface area contributed by atoms with Crippen molar-refractivity contribution >= 4 is 40.9 Å². The molecular weight excluding hydrogens is 550 g/mol. The van der Waals surface area contributed by atoms with Crippen molar-refractivity contribution in [2.24, 2.45) is 17.8 Å². The number of aliphatic hydroxyl groups is 1. The van der Waals surface area contributed by atoms with Crippen molar-refractivity contribution < 1.29 is 24.2 Å². The Hall–Kier alpha value is -2.78. The van der Waals surface area contributed by atoms with Crippen LogP contribution in [0.3, 0.4) is 0 Å². The molecule has 4 rings (SSSR count). The summed E-state index contributed by atoms with van der Waals surface area (Å²) in [4.78, 5) is 48.4. The number of amides is 2. The molecule has 3 fully saturated rings. The monoisotopic (exact) mass is 597 g/mol. The van der Waals surface area contributed by atoms with E-state index in [1.165, 1.54) is 6.08 Å². The fourth-order valence-electron chi connectivity index (χ4n) is 7.48. The van der Waals surface area contributed by atoms with Crippen LogP contribution in [0.1, 0.15) is 53.9 Å². The van der Waals surface area contributed by atoms with Gasteiger partial charge in [0, 0.05) is 35.8 Å². The van der Waals surface area contributed by atoms with Gasteiger partial charge in [0.2, 0.25) is 5.91 Å². The summed E-state index contributed by atoms with van der Waals surface area (Å²) in [6.45, 7) is 19.7. The van der Waals surface area contributed by atoms with Crippen LogP contribution in [0.4, 0.5) is 11.4 Å². The van der Waals surface area contributed by atoms with Gasteiger partial charge >= 0.3 is 5.97 Å². The molecule has 3 aliphatic heterocycles. The minimum atomic E-state index is -0.836. The van der Waals surface area contributed by atoms with Crippen molar-refractivity contribution in [3.63, 3.8) is 0 Å². The Kier molecular flexibility index (Phi) is 9.82. The van der Waals surface area contributed by atoms with Crippen molar-refractivity contribution in [2.75, 3.05) is 42.6 Å². The second-order valence-corrected chi connectivity index (χ2v) is 14.2. The Morgan fingerprint density at radius 3 is 2.33 bits per heavy atom. The molecule has 42 heavy (non-hydrogen) atoms. The van der Waals surface area contributed by atoms with Gasteiger partial charge in [-0.15, -0.1) is 18.3 Å². The van der Waals surface area contributed by atoms with Gasteiger partial charge in [0.1, 0.15) is 12.6 Å². The van der Waals surface area contributed by atoms with E-state index in [0.717, 1.165) is 24.5 Å². The lowest BCUT2D eigenvalue weighted by Gasteiger charge is -2.40. The van der Waals surface area contributed by atoms with Crippen LogP contribution in [0.5, 0.6) is 0 Å². The fraction of sp³-hybridized carbons (Fsp3) is 0.606. The average molecular weight is 598 g/mol. The number of esters is 1. The van der Waals surface area contributed by atoms with Gasteiger partial charge in [-0.25, -0.2) is 0 Å². The first kappa shape index (κ1) is 32.1. The van der Waals surface area contributed by atoms with Gasteiger partial charge in [0.05, 0.1) is 29.2 Å². The van der Waals surface area contributed by atoms with Gasteiger partial charge < -0.3 is 24.5 Å². The standard InChI is InChI=1S/C33H47N3O5S/c1-8-18-35(24-14-12-23(13-15-24)34(10-3)11-4)30(39)28-33-17-16-32(7,42-33)27(31(40)41-19-9-2)26(33)29(38)36(28)25(21-37)20-22(5)6/h8-9,12-15,22,25-28,37H,1-2,10-11,16-21H2,3-7H3/t25-,26+,27+,28?,32-,33?/m1/s1. The molecule has 3 aliphatic rings. The van der Waals surface area contributed by atoms with E-state index in [4.69, 9.17) is 4.74 Å². The second-order valence-electron chi connectivity index (χ2n) is 12.3. The number of hydrogen-bond acceptors (Lipinski definition) is 7. The van der Waals surface area contributed by atoms with E-state index in [1.54, 1.807) is 27.6 Å². The highest BCUT2D eigenvalue weighted by Gasteiger charge is 2.78. The maximum Gasteiger partial charge on any atom is 0.311 e. The Labute approximate surface area is 255 Å². The van der Waals surface area contributed by atoms with Crippen LogP contribution < -0.4 is 9.80 Å². The van der Waals surface area contributed by atoms with E-state index in [0.29, 0.717) is 19.3 Å².